The van der Waals surface area contributed by atoms with Gasteiger partial charge in [0, 0.05) is 35.3 Å². The van der Waals surface area contributed by atoms with Gasteiger partial charge in [-0.1, -0.05) is 0 Å². The summed E-state index contributed by atoms with van der Waals surface area (Å²) in [5, 5.41) is 10.5. The van der Waals surface area contributed by atoms with Gasteiger partial charge in [0.05, 0.1) is 6.10 Å². The van der Waals surface area contributed by atoms with E-state index in [-0.39, 0.29) is 17.6 Å². The minimum Gasteiger partial charge on any atom is -0.508 e. The molecule has 0 saturated carbocycles. The molecule has 1 aromatic carbocycles. The number of benzene rings is 1. The number of hydrogen-bond acceptors (Lipinski definition) is 3. The first kappa shape index (κ1) is 13.2. The number of ketones is 1. The Morgan fingerprint density at radius 1 is 1.50 bits per heavy atom. The van der Waals surface area contributed by atoms with Crippen molar-refractivity contribution in [2.24, 2.45) is 0 Å². The number of fused-ring (bicyclic) bond motifs is 1. The summed E-state index contributed by atoms with van der Waals surface area (Å²) in [6.45, 7) is 5.12. The van der Waals surface area contributed by atoms with Crippen LogP contribution in [-0.4, -0.2) is 28.2 Å². The maximum absolute atomic E-state index is 11.9. The molecule has 1 aromatic heterocycles. The van der Waals surface area contributed by atoms with Crippen molar-refractivity contribution in [1.82, 2.24) is 4.57 Å². The summed E-state index contributed by atoms with van der Waals surface area (Å²) >= 11 is 0. The molecule has 1 N–H and O–H groups in total. The van der Waals surface area contributed by atoms with Gasteiger partial charge in [0.25, 0.3) is 0 Å². The predicted octanol–water partition coefficient (Wildman–Crippen LogP) is 3.04. The number of aromatic nitrogens is 1. The Labute approximate surface area is 118 Å². The topological polar surface area (TPSA) is 51.5 Å². The minimum atomic E-state index is 0.0317. The number of phenolic OH excluding ortho intramolecular Hbond substituents is 1. The van der Waals surface area contributed by atoms with Crippen LogP contribution in [0.2, 0.25) is 0 Å². The van der Waals surface area contributed by atoms with E-state index in [4.69, 9.17) is 4.74 Å². The van der Waals surface area contributed by atoms with E-state index in [9.17, 15) is 9.90 Å². The first-order chi connectivity index (χ1) is 9.58. The summed E-state index contributed by atoms with van der Waals surface area (Å²) in [5.41, 5.74) is 2.64. The fourth-order valence-corrected chi connectivity index (χ4v) is 3.14. The average molecular weight is 273 g/mol. The smallest absolute Gasteiger partial charge is 0.162 e. The second kappa shape index (κ2) is 4.94. The summed E-state index contributed by atoms with van der Waals surface area (Å²) in [6.07, 6.45) is 2.38. The molecule has 106 valence electrons. The van der Waals surface area contributed by atoms with Crippen LogP contribution in [0.5, 0.6) is 5.75 Å². The zero-order chi connectivity index (χ0) is 14.3. The van der Waals surface area contributed by atoms with Crippen molar-refractivity contribution < 1.29 is 14.6 Å². The van der Waals surface area contributed by atoms with Gasteiger partial charge in [-0.2, -0.15) is 0 Å². The second-order valence-corrected chi connectivity index (χ2v) is 5.46. The monoisotopic (exact) mass is 273 g/mol. The summed E-state index contributed by atoms with van der Waals surface area (Å²) < 4.78 is 7.84. The molecule has 0 spiro atoms. The van der Waals surface area contributed by atoms with Crippen molar-refractivity contribution in [3.05, 3.63) is 29.5 Å². The normalized spacial score (nSPS) is 18.8. The van der Waals surface area contributed by atoms with Crippen LogP contribution >= 0.6 is 0 Å². The maximum Gasteiger partial charge on any atom is 0.162 e. The third kappa shape index (κ3) is 2.10. The summed E-state index contributed by atoms with van der Waals surface area (Å²) in [7, 11) is 0. The van der Waals surface area contributed by atoms with Gasteiger partial charge >= 0.3 is 0 Å². The number of nitrogens with zero attached hydrogens (tertiary/aromatic N) is 1. The van der Waals surface area contributed by atoms with Crippen molar-refractivity contribution in [3.8, 4) is 5.75 Å². The molecule has 1 aliphatic rings. The van der Waals surface area contributed by atoms with E-state index in [0.717, 1.165) is 42.6 Å². The molecule has 1 fully saturated rings. The van der Waals surface area contributed by atoms with E-state index in [1.165, 1.54) is 0 Å². The Balaban J connectivity index is 2.15. The van der Waals surface area contributed by atoms with Crippen molar-refractivity contribution in [2.45, 2.75) is 39.3 Å². The fraction of sp³-hybridized carbons (Fsp3) is 0.438. The molecule has 1 saturated heterocycles. The highest BCUT2D eigenvalue weighted by atomic mass is 16.5. The highest BCUT2D eigenvalue weighted by Gasteiger charge is 2.22. The molecule has 2 heterocycles. The Morgan fingerprint density at radius 2 is 2.30 bits per heavy atom. The van der Waals surface area contributed by atoms with Gasteiger partial charge < -0.3 is 14.4 Å². The number of hydrogen-bond donors (Lipinski definition) is 1. The van der Waals surface area contributed by atoms with Crippen LogP contribution in [0.1, 0.15) is 35.8 Å². The van der Waals surface area contributed by atoms with Crippen molar-refractivity contribution >= 4 is 16.7 Å². The Hall–Kier alpha value is -1.81. The standard InChI is InChI=1S/C16H19NO3/c1-10-16(11(2)18)14-8-12(19)5-6-15(14)17(10)9-13-4-3-7-20-13/h5-6,8,13,19H,3-4,7,9H2,1-2H3/t13-/m0/s1. The van der Waals surface area contributed by atoms with Gasteiger partial charge in [-0.05, 0) is 44.9 Å². The number of phenols is 1. The zero-order valence-electron chi connectivity index (χ0n) is 11.8. The second-order valence-electron chi connectivity index (χ2n) is 5.46. The molecule has 0 amide bonds. The van der Waals surface area contributed by atoms with Crippen LogP contribution in [0.3, 0.4) is 0 Å². The highest BCUT2D eigenvalue weighted by Crippen LogP contribution is 2.30. The molecule has 1 aliphatic heterocycles. The Bertz CT molecular complexity index is 666. The van der Waals surface area contributed by atoms with Crippen molar-refractivity contribution in [1.29, 1.82) is 0 Å². The molecule has 0 aliphatic carbocycles. The molecule has 3 rings (SSSR count). The molecule has 0 bridgehead atoms. The van der Waals surface area contributed by atoms with Gasteiger partial charge in [0.1, 0.15) is 5.75 Å². The molecule has 4 nitrogen and oxygen atoms in total. The van der Waals surface area contributed by atoms with E-state index < -0.39 is 0 Å². The van der Waals surface area contributed by atoms with E-state index in [1.54, 1.807) is 19.1 Å². The number of aromatic hydroxyl groups is 1. The first-order valence-corrected chi connectivity index (χ1v) is 7.02. The maximum atomic E-state index is 11.9. The van der Waals surface area contributed by atoms with Crippen LogP contribution in [0.4, 0.5) is 0 Å². The van der Waals surface area contributed by atoms with Crippen LogP contribution in [0.15, 0.2) is 18.2 Å². The lowest BCUT2D eigenvalue weighted by molar-refractivity contribution is 0.0968. The first-order valence-electron chi connectivity index (χ1n) is 7.02. The molecule has 4 heteroatoms. The summed E-state index contributed by atoms with van der Waals surface area (Å²) in [5.74, 6) is 0.221. The quantitative estimate of drug-likeness (QED) is 0.874. The fourth-order valence-electron chi connectivity index (χ4n) is 3.14. The highest BCUT2D eigenvalue weighted by molar-refractivity contribution is 6.08. The van der Waals surface area contributed by atoms with E-state index in [1.807, 2.05) is 13.0 Å². The number of Topliss-reactive ketones (excluding diaryl/α,β-unsaturated/α-hetero) is 1. The summed E-state index contributed by atoms with van der Waals surface area (Å²) in [6, 6.07) is 5.21. The number of carbonyl (C=O) groups is 1. The molecule has 20 heavy (non-hydrogen) atoms. The molecular formula is C16H19NO3. The Kier molecular flexibility index (Phi) is 3.26. The zero-order valence-corrected chi connectivity index (χ0v) is 11.8. The minimum absolute atomic E-state index is 0.0317. The van der Waals surface area contributed by atoms with Gasteiger partial charge in [0.15, 0.2) is 5.78 Å². The third-order valence-corrected chi connectivity index (χ3v) is 4.07. The van der Waals surface area contributed by atoms with Crippen LogP contribution < -0.4 is 0 Å². The largest absolute Gasteiger partial charge is 0.508 e. The van der Waals surface area contributed by atoms with Crippen molar-refractivity contribution in [3.63, 3.8) is 0 Å². The molecule has 0 unspecified atom stereocenters. The Morgan fingerprint density at radius 3 is 2.95 bits per heavy atom. The van der Waals surface area contributed by atoms with Crippen molar-refractivity contribution in [2.75, 3.05) is 6.61 Å². The van der Waals surface area contributed by atoms with Gasteiger partial charge in [-0.3, -0.25) is 4.79 Å². The number of ether oxygens (including phenoxy) is 1. The lowest BCUT2D eigenvalue weighted by Crippen LogP contribution is -2.16. The lowest BCUT2D eigenvalue weighted by Gasteiger charge is -2.14. The number of rotatable bonds is 3. The van der Waals surface area contributed by atoms with E-state index >= 15 is 0 Å². The molecule has 1 atom stereocenters. The van der Waals surface area contributed by atoms with Crippen LogP contribution in [0, 0.1) is 6.92 Å². The lowest BCUT2D eigenvalue weighted by atomic mass is 10.1. The van der Waals surface area contributed by atoms with Crippen LogP contribution in [-0.2, 0) is 11.3 Å². The average Bonchev–Trinajstić information content (AvgIpc) is 2.97. The number of carbonyl (C=O) groups excluding carboxylic acids is 1. The molecule has 2 aromatic rings. The van der Waals surface area contributed by atoms with Crippen LogP contribution in [0.25, 0.3) is 10.9 Å². The van der Waals surface area contributed by atoms with Gasteiger partial charge in [-0.15, -0.1) is 0 Å². The third-order valence-electron chi connectivity index (χ3n) is 4.07. The summed E-state index contributed by atoms with van der Waals surface area (Å²) in [4.78, 5) is 11.9. The molecular weight excluding hydrogens is 254 g/mol. The predicted molar refractivity (Wildman–Crippen MR) is 77.3 cm³/mol. The van der Waals surface area contributed by atoms with Gasteiger partial charge in [0.2, 0.25) is 0 Å². The van der Waals surface area contributed by atoms with E-state index in [2.05, 4.69) is 4.57 Å². The van der Waals surface area contributed by atoms with Gasteiger partial charge in [-0.25, -0.2) is 0 Å². The van der Waals surface area contributed by atoms with E-state index in [0.29, 0.717) is 5.56 Å². The SMILES string of the molecule is CC(=O)c1c(C)n(C[C@@H]2CCCO2)c2ccc(O)cc12. The molecule has 0 radical (unpaired) electrons.